The minimum Gasteiger partial charge on any atom is -0.293 e. The number of alkyl halides is 3. The van der Waals surface area contributed by atoms with Crippen molar-refractivity contribution in [3.05, 3.63) is 41.2 Å². The molecule has 0 amide bonds. The van der Waals surface area contributed by atoms with Crippen LogP contribution in [0.2, 0.25) is 0 Å². The zero-order valence-electron chi connectivity index (χ0n) is 12.5. The number of nitrogens with zero attached hydrogens (tertiary/aromatic N) is 2. The Bertz CT molecular complexity index is 698. The number of Topliss-reactive ketones (excluding diaryl/α,β-unsaturated/α-hetero) is 1. The minimum absolute atomic E-state index is 0.0297. The number of pyridine rings is 1. The molecule has 1 aromatic rings. The van der Waals surface area contributed by atoms with Gasteiger partial charge in [0.2, 0.25) is 0 Å². The first-order valence-electron chi connectivity index (χ1n) is 6.71. The molecule has 0 saturated carbocycles. The fourth-order valence-electron chi connectivity index (χ4n) is 2.96. The van der Waals surface area contributed by atoms with E-state index in [4.69, 9.17) is 5.26 Å². The molecule has 1 unspecified atom stereocenters. The zero-order valence-corrected chi connectivity index (χ0v) is 12.5. The van der Waals surface area contributed by atoms with Crippen LogP contribution >= 0.6 is 0 Å². The van der Waals surface area contributed by atoms with Crippen molar-refractivity contribution < 1.29 is 18.0 Å². The van der Waals surface area contributed by atoms with E-state index in [1.165, 1.54) is 6.08 Å². The Kier molecular flexibility index (Phi) is 3.64. The van der Waals surface area contributed by atoms with Crippen molar-refractivity contribution >= 4 is 5.78 Å². The fourth-order valence-corrected chi connectivity index (χ4v) is 2.96. The number of halogens is 3. The second-order valence-electron chi connectivity index (χ2n) is 6.40. The minimum atomic E-state index is -4.46. The van der Waals surface area contributed by atoms with Crippen molar-refractivity contribution in [2.24, 2.45) is 5.41 Å². The van der Waals surface area contributed by atoms with Crippen LogP contribution in [0.5, 0.6) is 0 Å². The van der Waals surface area contributed by atoms with Crippen LogP contribution in [0.4, 0.5) is 13.2 Å². The number of aromatic nitrogens is 1. The summed E-state index contributed by atoms with van der Waals surface area (Å²) in [4.78, 5) is 16.2. The van der Waals surface area contributed by atoms with Crippen molar-refractivity contribution in [3.63, 3.8) is 0 Å². The number of ketones is 1. The molecule has 116 valence electrons. The van der Waals surface area contributed by atoms with Crippen LogP contribution in [0.25, 0.3) is 0 Å². The Hall–Kier alpha value is -2.16. The summed E-state index contributed by atoms with van der Waals surface area (Å²) < 4.78 is 38.6. The van der Waals surface area contributed by atoms with E-state index in [0.29, 0.717) is 6.42 Å². The summed E-state index contributed by atoms with van der Waals surface area (Å²) in [6.07, 6.45) is -1.63. The van der Waals surface area contributed by atoms with Crippen LogP contribution < -0.4 is 0 Å². The summed E-state index contributed by atoms with van der Waals surface area (Å²) in [6.45, 7) is 5.07. The van der Waals surface area contributed by atoms with Gasteiger partial charge in [-0.2, -0.15) is 18.4 Å². The third-order valence-electron chi connectivity index (χ3n) is 3.92. The second kappa shape index (κ2) is 4.94. The Balaban J connectivity index is 2.59. The Morgan fingerprint density at radius 1 is 1.32 bits per heavy atom. The maximum Gasteiger partial charge on any atom is 0.416 e. The van der Waals surface area contributed by atoms with Crippen molar-refractivity contribution in [1.29, 1.82) is 5.26 Å². The molecule has 2 rings (SSSR count). The highest BCUT2D eigenvalue weighted by Gasteiger charge is 2.44. The highest BCUT2D eigenvalue weighted by atomic mass is 19.4. The lowest BCUT2D eigenvalue weighted by atomic mass is 9.64. The van der Waals surface area contributed by atoms with Crippen LogP contribution in [0.15, 0.2) is 30.0 Å². The Labute approximate surface area is 126 Å². The van der Waals surface area contributed by atoms with Crippen molar-refractivity contribution in [3.8, 4) is 6.07 Å². The number of hydrogen-bond acceptors (Lipinski definition) is 3. The Morgan fingerprint density at radius 2 is 1.95 bits per heavy atom. The van der Waals surface area contributed by atoms with Gasteiger partial charge in [0.15, 0.2) is 5.78 Å². The topological polar surface area (TPSA) is 53.8 Å². The highest BCUT2D eigenvalue weighted by molar-refractivity contribution is 6.04. The predicted octanol–water partition coefficient (Wildman–Crippen LogP) is 3.81. The van der Waals surface area contributed by atoms with E-state index in [2.05, 4.69) is 4.98 Å². The molecule has 0 aromatic carbocycles. The van der Waals surface area contributed by atoms with E-state index >= 15 is 0 Å². The monoisotopic (exact) mass is 308 g/mol. The molecule has 0 N–H and O–H groups in total. The lowest BCUT2D eigenvalue weighted by Gasteiger charge is -2.38. The van der Waals surface area contributed by atoms with E-state index < -0.39 is 22.6 Å². The predicted molar refractivity (Wildman–Crippen MR) is 73.7 cm³/mol. The molecule has 1 aliphatic rings. The third kappa shape index (κ3) is 2.76. The molecule has 1 aliphatic carbocycles. The van der Waals surface area contributed by atoms with Crippen LogP contribution in [0, 0.1) is 16.7 Å². The van der Waals surface area contributed by atoms with Gasteiger partial charge >= 0.3 is 6.18 Å². The summed E-state index contributed by atoms with van der Waals surface area (Å²) in [5.41, 5.74) is -2.34. The maximum absolute atomic E-state index is 12.9. The first-order chi connectivity index (χ1) is 9.99. The van der Waals surface area contributed by atoms with Crippen molar-refractivity contribution in [1.82, 2.24) is 4.98 Å². The van der Waals surface area contributed by atoms with E-state index in [-0.39, 0.29) is 17.1 Å². The van der Waals surface area contributed by atoms with E-state index in [0.717, 1.165) is 18.3 Å². The molecule has 6 heteroatoms. The molecule has 0 saturated heterocycles. The number of carbonyl (C=O) groups excluding carboxylic acids is 1. The van der Waals surface area contributed by atoms with Gasteiger partial charge in [-0.25, -0.2) is 0 Å². The summed E-state index contributed by atoms with van der Waals surface area (Å²) in [5.74, 6) is -0.292. The number of carbonyl (C=O) groups is 1. The fraction of sp³-hybridized carbons (Fsp3) is 0.438. The van der Waals surface area contributed by atoms with Gasteiger partial charge in [0.05, 0.1) is 16.8 Å². The lowest BCUT2D eigenvalue weighted by Crippen LogP contribution is -2.39. The zero-order chi connectivity index (χ0) is 16.8. The van der Waals surface area contributed by atoms with Gasteiger partial charge in [-0.15, -0.1) is 0 Å². The number of nitriles is 1. The standard InChI is InChI=1S/C16H15F3N2O/c1-14(2)9-15(3,7-10(8-20)13(14)22)12-6-11(4-5-21-12)16(17,18)19/h4-7H,9H2,1-3H3. The molecule has 1 heterocycles. The molecule has 22 heavy (non-hydrogen) atoms. The van der Waals surface area contributed by atoms with Gasteiger partial charge in [0, 0.05) is 17.0 Å². The summed E-state index contributed by atoms with van der Waals surface area (Å²) in [5, 5.41) is 9.12. The van der Waals surface area contributed by atoms with Crippen LogP contribution in [-0.4, -0.2) is 10.8 Å². The molecule has 1 atom stereocenters. The average Bonchev–Trinajstić information content (AvgIpc) is 2.42. The molecular weight excluding hydrogens is 293 g/mol. The molecule has 1 aromatic heterocycles. The third-order valence-corrected chi connectivity index (χ3v) is 3.92. The van der Waals surface area contributed by atoms with Gasteiger partial charge in [0.25, 0.3) is 0 Å². The van der Waals surface area contributed by atoms with Crippen LogP contribution in [0.1, 0.15) is 38.4 Å². The molecule has 3 nitrogen and oxygen atoms in total. The van der Waals surface area contributed by atoms with Gasteiger partial charge in [-0.3, -0.25) is 9.78 Å². The maximum atomic E-state index is 12.9. The quantitative estimate of drug-likeness (QED) is 0.792. The van der Waals surface area contributed by atoms with Crippen molar-refractivity contribution in [2.45, 2.75) is 38.8 Å². The van der Waals surface area contributed by atoms with Gasteiger partial charge in [0.1, 0.15) is 6.07 Å². The summed E-state index contributed by atoms with van der Waals surface area (Å²) >= 11 is 0. The SMILES string of the molecule is CC1(C)CC(C)(c2cc(C(F)(F)F)ccn2)C=C(C#N)C1=O. The second-order valence-corrected chi connectivity index (χ2v) is 6.40. The van der Waals surface area contributed by atoms with Crippen LogP contribution in [0.3, 0.4) is 0 Å². The van der Waals surface area contributed by atoms with Crippen LogP contribution in [-0.2, 0) is 16.4 Å². The van der Waals surface area contributed by atoms with E-state index in [9.17, 15) is 18.0 Å². The molecule has 0 aliphatic heterocycles. The average molecular weight is 308 g/mol. The van der Waals surface area contributed by atoms with Gasteiger partial charge in [-0.1, -0.05) is 26.8 Å². The molecular formula is C16H15F3N2O. The number of rotatable bonds is 1. The highest BCUT2D eigenvalue weighted by Crippen LogP contribution is 2.44. The first-order valence-corrected chi connectivity index (χ1v) is 6.71. The summed E-state index contributed by atoms with van der Waals surface area (Å²) in [7, 11) is 0. The Morgan fingerprint density at radius 3 is 2.50 bits per heavy atom. The smallest absolute Gasteiger partial charge is 0.293 e. The van der Waals surface area contributed by atoms with Gasteiger partial charge < -0.3 is 0 Å². The largest absolute Gasteiger partial charge is 0.416 e. The first kappa shape index (κ1) is 16.2. The molecule has 0 radical (unpaired) electrons. The normalized spacial score (nSPS) is 24.6. The number of hydrogen-bond donors (Lipinski definition) is 0. The summed E-state index contributed by atoms with van der Waals surface area (Å²) in [6, 6.07) is 3.73. The van der Waals surface area contributed by atoms with Crippen molar-refractivity contribution in [2.75, 3.05) is 0 Å². The number of allylic oxidation sites excluding steroid dienone is 2. The van der Waals surface area contributed by atoms with E-state index in [1.54, 1.807) is 20.8 Å². The lowest BCUT2D eigenvalue weighted by molar-refractivity contribution is -0.137. The van der Waals surface area contributed by atoms with Gasteiger partial charge in [-0.05, 0) is 18.6 Å². The molecule has 0 spiro atoms. The molecule has 0 bridgehead atoms. The van der Waals surface area contributed by atoms with E-state index in [1.807, 2.05) is 6.07 Å². The molecule has 0 fully saturated rings.